The molecule has 142 valence electrons. The third-order valence-corrected chi connectivity index (χ3v) is 6.47. The number of para-hydroxylation sites is 1. The summed E-state index contributed by atoms with van der Waals surface area (Å²) < 4.78 is 28.5. The Balaban J connectivity index is 1.47. The molecule has 1 aromatic heterocycles. The number of sulfonamides is 1. The van der Waals surface area contributed by atoms with E-state index in [1.54, 1.807) is 18.2 Å². The molecule has 0 unspecified atom stereocenters. The van der Waals surface area contributed by atoms with Crippen molar-refractivity contribution in [2.75, 3.05) is 4.72 Å². The lowest BCUT2D eigenvalue weighted by Gasteiger charge is -2.25. The highest BCUT2D eigenvalue weighted by atomic mass is 32.2. The molecule has 28 heavy (non-hydrogen) atoms. The Kier molecular flexibility index (Phi) is 3.73. The summed E-state index contributed by atoms with van der Waals surface area (Å²) in [5, 5.41) is 7.24. The molecule has 2 aromatic carbocycles. The second kappa shape index (κ2) is 6.16. The molecule has 2 N–H and O–H groups in total. The summed E-state index contributed by atoms with van der Waals surface area (Å²) in [5.41, 5.74) is 2.71. The molecule has 5 rings (SSSR count). The second-order valence-electron chi connectivity index (χ2n) is 6.86. The van der Waals surface area contributed by atoms with Crippen molar-refractivity contribution in [2.45, 2.75) is 30.2 Å². The number of benzene rings is 2. The summed E-state index contributed by atoms with van der Waals surface area (Å²) in [4.78, 5) is 17.0. The van der Waals surface area contributed by atoms with E-state index >= 15 is 0 Å². The number of carbonyl (C=O) groups excluding carboxylic acids is 1. The first-order valence-electron chi connectivity index (χ1n) is 9.01. The normalized spacial score (nSPS) is 18.9. The lowest BCUT2D eigenvalue weighted by Crippen LogP contribution is -2.31. The van der Waals surface area contributed by atoms with Crippen LogP contribution in [0.15, 0.2) is 53.4 Å². The number of rotatable bonds is 2. The fourth-order valence-electron chi connectivity index (χ4n) is 3.80. The van der Waals surface area contributed by atoms with Crippen molar-refractivity contribution in [3.05, 3.63) is 65.5 Å². The van der Waals surface area contributed by atoms with Crippen molar-refractivity contribution >= 4 is 21.9 Å². The maximum absolute atomic E-state index is 12.8. The van der Waals surface area contributed by atoms with Crippen molar-refractivity contribution < 1.29 is 13.2 Å². The van der Waals surface area contributed by atoms with Crippen LogP contribution in [0.25, 0.3) is 5.69 Å². The summed E-state index contributed by atoms with van der Waals surface area (Å²) >= 11 is 0. The number of aryl methyl sites for hydroxylation is 1. The lowest BCUT2D eigenvalue weighted by atomic mass is 9.88. The van der Waals surface area contributed by atoms with E-state index in [0.29, 0.717) is 5.69 Å². The van der Waals surface area contributed by atoms with E-state index in [2.05, 4.69) is 26.2 Å². The molecule has 1 aliphatic heterocycles. The zero-order chi connectivity index (χ0) is 19.3. The molecule has 0 spiro atoms. The van der Waals surface area contributed by atoms with Gasteiger partial charge >= 0.3 is 0 Å². The van der Waals surface area contributed by atoms with Crippen molar-refractivity contribution in [3.63, 3.8) is 0 Å². The van der Waals surface area contributed by atoms with E-state index in [1.165, 1.54) is 16.3 Å². The molecule has 0 fully saturated rings. The standard InChI is InChI=1S/C19H17N5O3S/c25-18(20-14-9-5-7-12-6-1-2-8-13(12)14)17-21-19-23-28(26,27)16-11-4-3-10-15(16)24(19)22-17/h1-4,6,8,10-11,14H,5,7,9H2,(H,20,25)(H,21,22,23)/t14-/m0/s1. The number of aromatic nitrogens is 3. The molecule has 3 aromatic rings. The Bertz CT molecular complexity index is 1200. The number of anilines is 1. The van der Waals surface area contributed by atoms with Crippen LogP contribution in [0.3, 0.4) is 0 Å². The number of fused-ring (bicyclic) bond motifs is 4. The van der Waals surface area contributed by atoms with Crippen molar-refractivity contribution in [1.82, 2.24) is 20.1 Å². The van der Waals surface area contributed by atoms with Gasteiger partial charge in [-0.2, -0.15) is 9.67 Å². The Morgan fingerprint density at radius 3 is 2.82 bits per heavy atom. The number of hydrogen-bond donors (Lipinski definition) is 2. The molecule has 0 radical (unpaired) electrons. The molecule has 0 saturated heterocycles. The molecule has 1 amide bonds. The van der Waals surface area contributed by atoms with Gasteiger partial charge in [0.05, 0.1) is 11.7 Å². The third-order valence-electron chi connectivity index (χ3n) is 5.09. The SMILES string of the molecule is O=C(N[C@H]1CCCc2ccccc21)c1nc2n(n1)-c1ccccc1S(=O)(=O)N2. The number of nitrogens with one attached hydrogen (secondary N) is 2. The van der Waals surface area contributed by atoms with Crippen LogP contribution < -0.4 is 10.0 Å². The van der Waals surface area contributed by atoms with Crippen LogP contribution in [0.5, 0.6) is 0 Å². The Morgan fingerprint density at radius 1 is 1.14 bits per heavy atom. The van der Waals surface area contributed by atoms with Crippen LogP contribution in [0, 0.1) is 0 Å². The van der Waals surface area contributed by atoms with Crippen LogP contribution in [0.1, 0.15) is 40.6 Å². The van der Waals surface area contributed by atoms with Gasteiger partial charge in [-0.05, 0) is 42.5 Å². The van der Waals surface area contributed by atoms with Crippen molar-refractivity contribution in [2.24, 2.45) is 0 Å². The van der Waals surface area contributed by atoms with Gasteiger partial charge in [0.2, 0.25) is 11.8 Å². The van der Waals surface area contributed by atoms with Crippen molar-refractivity contribution in [3.8, 4) is 5.69 Å². The Hall–Kier alpha value is -3.20. The third kappa shape index (κ3) is 2.66. The van der Waals surface area contributed by atoms with Gasteiger partial charge in [0.1, 0.15) is 4.90 Å². The van der Waals surface area contributed by atoms with Gasteiger partial charge in [-0.25, -0.2) is 13.1 Å². The molecular formula is C19H17N5O3S. The fraction of sp³-hybridized carbons (Fsp3) is 0.211. The van der Waals surface area contributed by atoms with Crippen molar-refractivity contribution in [1.29, 1.82) is 0 Å². The van der Waals surface area contributed by atoms with E-state index in [-0.39, 0.29) is 22.7 Å². The highest BCUT2D eigenvalue weighted by Crippen LogP contribution is 2.31. The van der Waals surface area contributed by atoms with Gasteiger partial charge in [-0.15, -0.1) is 5.10 Å². The van der Waals surface area contributed by atoms with Gasteiger partial charge in [0, 0.05) is 0 Å². The minimum Gasteiger partial charge on any atom is -0.342 e. The van der Waals surface area contributed by atoms with Gasteiger partial charge in [0.15, 0.2) is 0 Å². The summed E-state index contributed by atoms with van der Waals surface area (Å²) in [7, 11) is -3.74. The van der Waals surface area contributed by atoms with E-state index < -0.39 is 15.9 Å². The second-order valence-corrected chi connectivity index (χ2v) is 8.51. The van der Waals surface area contributed by atoms with Crippen LogP contribution >= 0.6 is 0 Å². The molecule has 2 heterocycles. The van der Waals surface area contributed by atoms with Crippen LogP contribution in [0.2, 0.25) is 0 Å². The summed E-state index contributed by atoms with van der Waals surface area (Å²) in [5.74, 6) is -0.495. The van der Waals surface area contributed by atoms with Gasteiger partial charge in [-0.1, -0.05) is 36.4 Å². The molecule has 1 atom stereocenters. The van der Waals surface area contributed by atoms with Crippen LogP contribution in [-0.4, -0.2) is 29.1 Å². The van der Waals surface area contributed by atoms with Gasteiger partial charge < -0.3 is 5.32 Å². The van der Waals surface area contributed by atoms with E-state index in [4.69, 9.17) is 0 Å². The zero-order valence-electron chi connectivity index (χ0n) is 14.8. The number of carbonyl (C=O) groups is 1. The summed E-state index contributed by atoms with van der Waals surface area (Å²) in [6, 6.07) is 14.4. The van der Waals surface area contributed by atoms with E-state index in [0.717, 1.165) is 24.8 Å². The first kappa shape index (κ1) is 16.9. The maximum atomic E-state index is 12.8. The number of hydrogen-bond acceptors (Lipinski definition) is 5. The fourth-order valence-corrected chi connectivity index (χ4v) is 4.97. The number of amides is 1. The lowest BCUT2D eigenvalue weighted by molar-refractivity contribution is 0.0922. The highest BCUT2D eigenvalue weighted by molar-refractivity contribution is 7.92. The zero-order valence-corrected chi connectivity index (χ0v) is 15.6. The predicted molar refractivity (Wildman–Crippen MR) is 102 cm³/mol. The highest BCUT2D eigenvalue weighted by Gasteiger charge is 2.31. The first-order chi connectivity index (χ1) is 13.5. The largest absolute Gasteiger partial charge is 0.342 e. The Morgan fingerprint density at radius 2 is 1.93 bits per heavy atom. The molecule has 2 aliphatic rings. The van der Waals surface area contributed by atoms with Gasteiger partial charge in [-0.3, -0.25) is 4.79 Å². The number of nitrogens with zero attached hydrogens (tertiary/aromatic N) is 3. The molecule has 1 aliphatic carbocycles. The molecule has 0 saturated carbocycles. The topological polar surface area (TPSA) is 106 Å². The Labute approximate surface area is 161 Å². The molecule has 0 bridgehead atoms. The minimum atomic E-state index is -3.74. The average Bonchev–Trinajstić information content (AvgIpc) is 3.12. The molecule has 8 nitrogen and oxygen atoms in total. The average molecular weight is 395 g/mol. The quantitative estimate of drug-likeness (QED) is 0.692. The smallest absolute Gasteiger partial charge is 0.291 e. The van der Waals surface area contributed by atoms with Crippen LogP contribution in [0.4, 0.5) is 5.95 Å². The maximum Gasteiger partial charge on any atom is 0.291 e. The van der Waals surface area contributed by atoms with Gasteiger partial charge in [0.25, 0.3) is 15.9 Å². The summed E-state index contributed by atoms with van der Waals surface area (Å²) in [6.07, 6.45) is 2.83. The minimum absolute atomic E-state index is 0.00731. The van der Waals surface area contributed by atoms with Crippen LogP contribution in [-0.2, 0) is 16.4 Å². The van der Waals surface area contributed by atoms with E-state index in [9.17, 15) is 13.2 Å². The monoisotopic (exact) mass is 395 g/mol. The van der Waals surface area contributed by atoms with E-state index in [1.807, 2.05) is 18.2 Å². The first-order valence-corrected chi connectivity index (χ1v) is 10.5. The molecule has 9 heteroatoms. The predicted octanol–water partition coefficient (Wildman–Crippen LogP) is 2.19. The molecular weight excluding hydrogens is 378 g/mol. The summed E-state index contributed by atoms with van der Waals surface area (Å²) in [6.45, 7) is 0.